The lowest BCUT2D eigenvalue weighted by Crippen LogP contribution is -2.44. The van der Waals surface area contributed by atoms with Crippen LogP contribution in [0.15, 0.2) is 0 Å². The fraction of sp³-hybridized carbons (Fsp3) is 0.786. The maximum absolute atomic E-state index is 12.1. The minimum absolute atomic E-state index is 0.00902. The summed E-state index contributed by atoms with van der Waals surface area (Å²) in [4.78, 5) is 18.4. The van der Waals surface area contributed by atoms with Crippen LogP contribution in [0.4, 0.5) is 4.79 Å². The number of nitrogens with zero attached hydrogens (tertiary/aromatic N) is 3. The van der Waals surface area contributed by atoms with Gasteiger partial charge in [0.05, 0.1) is 6.54 Å². The fourth-order valence-electron chi connectivity index (χ4n) is 2.35. The summed E-state index contributed by atoms with van der Waals surface area (Å²) in [5, 5.41) is 9.98. The first-order chi connectivity index (χ1) is 9.36. The van der Waals surface area contributed by atoms with Gasteiger partial charge in [0, 0.05) is 18.5 Å². The van der Waals surface area contributed by atoms with Crippen molar-refractivity contribution in [2.45, 2.75) is 52.5 Å². The lowest BCUT2D eigenvalue weighted by atomic mass is 9.96. The van der Waals surface area contributed by atoms with Gasteiger partial charge in [-0.3, -0.25) is 5.10 Å². The molecule has 0 aliphatic carbocycles. The molecule has 1 atom stereocenters. The smallest absolute Gasteiger partial charge is 0.317 e. The predicted molar refractivity (Wildman–Crippen MR) is 77.3 cm³/mol. The molecule has 112 valence electrons. The number of H-pyrrole nitrogens is 1. The average Bonchev–Trinajstić information content (AvgIpc) is 2.84. The zero-order chi connectivity index (χ0) is 14.8. The molecule has 1 fully saturated rings. The average molecular weight is 279 g/mol. The molecule has 0 spiro atoms. The summed E-state index contributed by atoms with van der Waals surface area (Å²) >= 11 is 0. The number of hydrogen-bond acceptors (Lipinski definition) is 3. The van der Waals surface area contributed by atoms with Crippen molar-refractivity contribution in [1.29, 1.82) is 0 Å². The van der Waals surface area contributed by atoms with E-state index in [1.165, 1.54) is 6.42 Å². The van der Waals surface area contributed by atoms with Crippen LogP contribution < -0.4 is 5.32 Å². The first-order valence-corrected chi connectivity index (χ1v) is 7.31. The quantitative estimate of drug-likeness (QED) is 0.870. The van der Waals surface area contributed by atoms with E-state index in [1.54, 1.807) is 0 Å². The molecule has 6 nitrogen and oxygen atoms in total. The second-order valence-corrected chi connectivity index (χ2v) is 6.71. The van der Waals surface area contributed by atoms with Gasteiger partial charge >= 0.3 is 6.03 Å². The Morgan fingerprint density at radius 3 is 2.85 bits per heavy atom. The second-order valence-electron chi connectivity index (χ2n) is 6.71. The number of amides is 2. The number of nitrogens with one attached hydrogen (secondary N) is 2. The van der Waals surface area contributed by atoms with Gasteiger partial charge in [-0.25, -0.2) is 9.78 Å². The van der Waals surface area contributed by atoms with E-state index in [0.29, 0.717) is 18.3 Å². The highest BCUT2D eigenvalue weighted by atomic mass is 16.2. The molecule has 0 bridgehead atoms. The number of likely N-dealkylation sites (tertiary alicyclic amines) is 1. The minimum Gasteiger partial charge on any atom is -0.331 e. The normalized spacial score (nSPS) is 20.0. The largest absolute Gasteiger partial charge is 0.331 e. The van der Waals surface area contributed by atoms with Crippen LogP contribution in [0.25, 0.3) is 0 Å². The van der Waals surface area contributed by atoms with Gasteiger partial charge in [-0.15, -0.1) is 0 Å². The standard InChI is InChI=1S/C14H25N5O/c1-10-6-5-7-19(9-10)13(20)15-8-11-16-12(18-17-11)14(2,3)4/h10H,5-9H2,1-4H3,(H,15,20)(H,16,17,18). The van der Waals surface area contributed by atoms with E-state index in [-0.39, 0.29) is 11.4 Å². The van der Waals surface area contributed by atoms with Gasteiger partial charge in [0.1, 0.15) is 5.82 Å². The van der Waals surface area contributed by atoms with Crippen LogP contribution in [0, 0.1) is 5.92 Å². The van der Waals surface area contributed by atoms with Crippen molar-refractivity contribution < 1.29 is 4.79 Å². The Morgan fingerprint density at radius 1 is 1.50 bits per heavy atom. The number of aromatic nitrogens is 3. The highest BCUT2D eigenvalue weighted by Gasteiger charge is 2.22. The van der Waals surface area contributed by atoms with E-state index in [0.717, 1.165) is 25.3 Å². The topological polar surface area (TPSA) is 73.9 Å². The molecule has 2 rings (SSSR count). The van der Waals surface area contributed by atoms with Gasteiger partial charge in [-0.05, 0) is 18.8 Å². The summed E-state index contributed by atoms with van der Waals surface area (Å²) in [7, 11) is 0. The molecule has 1 aliphatic rings. The molecular weight excluding hydrogens is 254 g/mol. The SMILES string of the molecule is CC1CCCN(C(=O)NCc2nc(C(C)(C)C)n[nH]2)C1. The third-order valence-corrected chi connectivity index (χ3v) is 3.55. The molecule has 2 heterocycles. The molecule has 2 amide bonds. The third kappa shape index (κ3) is 3.71. The Morgan fingerprint density at radius 2 is 2.25 bits per heavy atom. The van der Waals surface area contributed by atoms with Gasteiger partial charge in [0.2, 0.25) is 0 Å². The van der Waals surface area contributed by atoms with Crippen molar-refractivity contribution in [1.82, 2.24) is 25.4 Å². The third-order valence-electron chi connectivity index (χ3n) is 3.55. The Kier molecular flexibility index (Phi) is 4.30. The highest BCUT2D eigenvalue weighted by molar-refractivity contribution is 5.74. The lowest BCUT2D eigenvalue weighted by Gasteiger charge is -2.30. The summed E-state index contributed by atoms with van der Waals surface area (Å²) in [6.07, 6.45) is 2.30. The van der Waals surface area contributed by atoms with E-state index in [9.17, 15) is 4.79 Å². The van der Waals surface area contributed by atoms with Crippen LogP contribution in [0.5, 0.6) is 0 Å². The van der Waals surface area contributed by atoms with Crippen LogP contribution in [0.3, 0.4) is 0 Å². The number of rotatable bonds is 2. The van der Waals surface area contributed by atoms with E-state index in [1.807, 2.05) is 4.90 Å². The van der Waals surface area contributed by atoms with Crippen LogP contribution in [-0.2, 0) is 12.0 Å². The van der Waals surface area contributed by atoms with Crippen molar-refractivity contribution >= 4 is 6.03 Å². The van der Waals surface area contributed by atoms with Crippen LogP contribution in [0.2, 0.25) is 0 Å². The van der Waals surface area contributed by atoms with Crippen molar-refractivity contribution in [2.75, 3.05) is 13.1 Å². The maximum Gasteiger partial charge on any atom is 0.317 e. The van der Waals surface area contributed by atoms with Crippen LogP contribution >= 0.6 is 0 Å². The molecule has 1 aromatic rings. The Balaban J connectivity index is 1.85. The number of carbonyl (C=O) groups excluding carboxylic acids is 1. The van der Waals surface area contributed by atoms with E-state index in [2.05, 4.69) is 48.2 Å². The monoisotopic (exact) mass is 279 g/mol. The first-order valence-electron chi connectivity index (χ1n) is 7.31. The predicted octanol–water partition coefficient (Wildman–Crippen LogP) is 2.04. The second kappa shape index (κ2) is 5.81. The van der Waals surface area contributed by atoms with Gasteiger partial charge < -0.3 is 10.2 Å². The first kappa shape index (κ1) is 14.8. The van der Waals surface area contributed by atoms with Gasteiger partial charge in [-0.2, -0.15) is 5.10 Å². The number of carbonyl (C=O) groups is 1. The van der Waals surface area contributed by atoms with Gasteiger partial charge in [0.25, 0.3) is 0 Å². The van der Waals surface area contributed by atoms with Gasteiger partial charge in [0.15, 0.2) is 5.82 Å². The summed E-state index contributed by atoms with van der Waals surface area (Å²) in [6, 6.07) is -0.00902. The maximum atomic E-state index is 12.1. The summed E-state index contributed by atoms with van der Waals surface area (Å²) < 4.78 is 0. The van der Waals surface area contributed by atoms with Crippen molar-refractivity contribution in [3.8, 4) is 0 Å². The van der Waals surface area contributed by atoms with Crippen molar-refractivity contribution in [2.24, 2.45) is 5.92 Å². The number of urea groups is 1. The lowest BCUT2D eigenvalue weighted by molar-refractivity contribution is 0.169. The molecule has 0 saturated carbocycles. The molecule has 20 heavy (non-hydrogen) atoms. The highest BCUT2D eigenvalue weighted by Crippen LogP contribution is 2.17. The summed E-state index contributed by atoms with van der Waals surface area (Å²) in [5.41, 5.74) is -0.0823. The minimum atomic E-state index is -0.0823. The summed E-state index contributed by atoms with van der Waals surface area (Å²) in [5.74, 6) is 2.06. The molecule has 6 heteroatoms. The van der Waals surface area contributed by atoms with E-state index in [4.69, 9.17) is 0 Å². The fourth-order valence-corrected chi connectivity index (χ4v) is 2.35. The molecule has 1 aromatic heterocycles. The zero-order valence-electron chi connectivity index (χ0n) is 12.9. The van der Waals surface area contributed by atoms with E-state index >= 15 is 0 Å². The van der Waals surface area contributed by atoms with Crippen molar-refractivity contribution in [3.63, 3.8) is 0 Å². The van der Waals surface area contributed by atoms with Crippen LogP contribution in [0.1, 0.15) is 52.2 Å². The molecular formula is C14H25N5O. The molecule has 1 saturated heterocycles. The molecule has 2 N–H and O–H groups in total. The molecule has 1 aliphatic heterocycles. The number of hydrogen-bond donors (Lipinski definition) is 2. The molecule has 0 radical (unpaired) electrons. The number of piperidine rings is 1. The molecule has 1 unspecified atom stereocenters. The Labute approximate surface area is 120 Å². The Hall–Kier alpha value is -1.59. The Bertz CT molecular complexity index is 462. The van der Waals surface area contributed by atoms with Gasteiger partial charge in [-0.1, -0.05) is 27.7 Å². The molecule has 0 aromatic carbocycles. The zero-order valence-corrected chi connectivity index (χ0v) is 12.9. The van der Waals surface area contributed by atoms with E-state index < -0.39 is 0 Å². The van der Waals surface area contributed by atoms with Crippen LogP contribution in [-0.4, -0.2) is 39.2 Å². The number of aromatic amines is 1. The summed E-state index contributed by atoms with van der Waals surface area (Å²) in [6.45, 7) is 10.5. The van der Waals surface area contributed by atoms with Crippen molar-refractivity contribution in [3.05, 3.63) is 11.6 Å².